The van der Waals surface area contributed by atoms with Crippen LogP contribution in [-0.4, -0.2) is 29.4 Å². The third-order valence-electron chi connectivity index (χ3n) is 3.74. The molecule has 1 aromatic carbocycles. The van der Waals surface area contributed by atoms with E-state index in [1.807, 2.05) is 0 Å². The lowest BCUT2D eigenvalue weighted by Crippen LogP contribution is -2.32. The van der Waals surface area contributed by atoms with Crippen LogP contribution in [0.2, 0.25) is 0 Å². The smallest absolute Gasteiger partial charge is 0.414 e. The molecule has 1 aromatic rings. The quantitative estimate of drug-likeness (QED) is 0.533. The first-order valence-corrected chi connectivity index (χ1v) is 8.66. The van der Waals surface area contributed by atoms with E-state index in [0.717, 1.165) is 0 Å². The Kier molecular flexibility index (Phi) is 8.09. The number of rotatable bonds is 8. The minimum absolute atomic E-state index is 0.202. The van der Waals surface area contributed by atoms with E-state index in [4.69, 9.17) is 9.47 Å². The molecule has 1 amide bonds. The highest BCUT2D eigenvalue weighted by Gasteiger charge is 2.24. The standard InChI is InChI=1S/C19H27NO6/c1-6-15(16(21)22)13-7-9-14(10-8-13)20-19(24)26-18(12(4)5)25-17(23)11(2)3/h7-12,15,18H,6H2,1-5H3,(H,20,24)(H,21,22)/t15?,18-/m1/s1. The first kappa shape index (κ1) is 21.5. The van der Waals surface area contributed by atoms with Gasteiger partial charge in [0.25, 0.3) is 6.29 Å². The minimum atomic E-state index is -0.986. The van der Waals surface area contributed by atoms with Gasteiger partial charge in [0.05, 0.1) is 11.8 Å². The number of esters is 1. The number of carboxylic acid groups (broad SMARTS) is 1. The Bertz CT molecular complexity index is 623. The maximum absolute atomic E-state index is 12.0. The largest absolute Gasteiger partial charge is 0.481 e. The number of hydrogen-bond donors (Lipinski definition) is 2. The van der Waals surface area contributed by atoms with Crippen molar-refractivity contribution in [3.63, 3.8) is 0 Å². The number of anilines is 1. The molecule has 2 atom stereocenters. The van der Waals surface area contributed by atoms with Crippen LogP contribution in [0.15, 0.2) is 24.3 Å². The summed E-state index contributed by atoms with van der Waals surface area (Å²) in [6.45, 7) is 8.74. The first-order chi connectivity index (χ1) is 12.1. The summed E-state index contributed by atoms with van der Waals surface area (Å²) in [5.74, 6) is -2.45. The highest BCUT2D eigenvalue weighted by atomic mass is 16.7. The maximum Gasteiger partial charge on any atom is 0.414 e. The number of hydrogen-bond acceptors (Lipinski definition) is 5. The highest BCUT2D eigenvalue weighted by Crippen LogP contribution is 2.22. The summed E-state index contributed by atoms with van der Waals surface area (Å²) in [6, 6.07) is 6.51. The van der Waals surface area contributed by atoms with Crippen molar-refractivity contribution < 1.29 is 29.0 Å². The van der Waals surface area contributed by atoms with Gasteiger partial charge in [-0.2, -0.15) is 0 Å². The molecule has 1 unspecified atom stereocenters. The van der Waals surface area contributed by atoms with Gasteiger partial charge in [-0.15, -0.1) is 0 Å². The van der Waals surface area contributed by atoms with Gasteiger partial charge in [-0.1, -0.05) is 46.8 Å². The van der Waals surface area contributed by atoms with E-state index in [-0.39, 0.29) is 11.8 Å². The number of carbonyl (C=O) groups excluding carboxylic acids is 2. The summed E-state index contributed by atoms with van der Waals surface area (Å²) < 4.78 is 10.4. The third kappa shape index (κ3) is 6.38. The van der Waals surface area contributed by atoms with Gasteiger partial charge in [0.15, 0.2) is 0 Å². The zero-order chi connectivity index (χ0) is 19.9. The van der Waals surface area contributed by atoms with E-state index < -0.39 is 30.2 Å². The van der Waals surface area contributed by atoms with E-state index in [2.05, 4.69) is 5.32 Å². The predicted molar refractivity (Wildman–Crippen MR) is 96.8 cm³/mol. The normalized spacial score (nSPS) is 13.2. The number of carboxylic acids is 1. The molecule has 0 saturated heterocycles. The molecule has 0 aromatic heterocycles. The molecule has 0 aliphatic heterocycles. The SMILES string of the molecule is CCC(C(=O)O)c1ccc(NC(=O)O[C@@H](OC(=O)C(C)C)C(C)C)cc1. The van der Waals surface area contributed by atoms with Gasteiger partial charge in [-0.05, 0) is 24.1 Å². The fraction of sp³-hybridized carbons (Fsp3) is 0.526. The second kappa shape index (κ2) is 9.79. The number of ether oxygens (including phenoxy) is 2. The van der Waals surface area contributed by atoms with Gasteiger partial charge in [-0.25, -0.2) is 4.79 Å². The molecule has 2 N–H and O–H groups in total. The first-order valence-electron chi connectivity index (χ1n) is 8.66. The van der Waals surface area contributed by atoms with Gasteiger partial charge < -0.3 is 14.6 Å². The third-order valence-corrected chi connectivity index (χ3v) is 3.74. The maximum atomic E-state index is 12.0. The van der Waals surface area contributed by atoms with Crippen LogP contribution in [-0.2, 0) is 19.1 Å². The molecule has 0 aliphatic carbocycles. The lowest BCUT2D eigenvalue weighted by atomic mass is 9.96. The number of amides is 1. The fourth-order valence-electron chi connectivity index (χ4n) is 2.15. The Labute approximate surface area is 153 Å². The van der Waals surface area contributed by atoms with Crippen molar-refractivity contribution in [3.8, 4) is 0 Å². The minimum Gasteiger partial charge on any atom is -0.481 e. The molecule has 0 bridgehead atoms. The van der Waals surface area contributed by atoms with Crippen molar-refractivity contribution in [2.24, 2.45) is 11.8 Å². The second-order valence-corrected chi connectivity index (χ2v) is 6.66. The molecule has 0 aliphatic rings. The van der Waals surface area contributed by atoms with Crippen molar-refractivity contribution >= 4 is 23.7 Å². The van der Waals surface area contributed by atoms with Crippen LogP contribution in [0.25, 0.3) is 0 Å². The Balaban J connectivity index is 2.71. The molecule has 7 heteroatoms. The number of aliphatic carboxylic acids is 1. The number of nitrogens with one attached hydrogen (secondary N) is 1. The van der Waals surface area contributed by atoms with Crippen molar-refractivity contribution in [1.82, 2.24) is 0 Å². The summed E-state index contributed by atoms with van der Waals surface area (Å²) in [7, 11) is 0. The van der Waals surface area contributed by atoms with Gasteiger partial charge >= 0.3 is 18.0 Å². The topological polar surface area (TPSA) is 102 Å². The lowest BCUT2D eigenvalue weighted by Gasteiger charge is -2.22. The van der Waals surface area contributed by atoms with E-state index >= 15 is 0 Å². The monoisotopic (exact) mass is 365 g/mol. The summed E-state index contributed by atoms with van der Waals surface area (Å²) in [5.41, 5.74) is 1.11. The van der Waals surface area contributed by atoms with Crippen molar-refractivity contribution in [2.75, 3.05) is 5.32 Å². The Hall–Kier alpha value is -2.57. The summed E-state index contributed by atoms with van der Waals surface area (Å²) in [4.78, 5) is 34.9. The molecule has 26 heavy (non-hydrogen) atoms. The van der Waals surface area contributed by atoms with Crippen LogP contribution in [0.1, 0.15) is 52.5 Å². The van der Waals surface area contributed by atoms with Crippen molar-refractivity contribution in [1.29, 1.82) is 0 Å². The average molecular weight is 365 g/mol. The van der Waals surface area contributed by atoms with Gasteiger partial charge in [0.1, 0.15) is 0 Å². The molecule has 0 saturated carbocycles. The van der Waals surface area contributed by atoms with Crippen LogP contribution in [0.4, 0.5) is 10.5 Å². The zero-order valence-electron chi connectivity index (χ0n) is 15.8. The Morgan fingerprint density at radius 1 is 1.04 bits per heavy atom. The van der Waals surface area contributed by atoms with E-state index in [9.17, 15) is 19.5 Å². The molecule has 0 radical (unpaired) electrons. The lowest BCUT2D eigenvalue weighted by molar-refractivity contribution is -0.177. The van der Waals surface area contributed by atoms with Gasteiger partial charge in [0, 0.05) is 11.6 Å². The summed E-state index contributed by atoms with van der Waals surface area (Å²) in [6.07, 6.45) is -1.26. The average Bonchev–Trinajstić information content (AvgIpc) is 2.55. The molecule has 0 heterocycles. The van der Waals surface area contributed by atoms with Crippen LogP contribution >= 0.6 is 0 Å². The van der Waals surface area contributed by atoms with Crippen LogP contribution < -0.4 is 5.32 Å². The van der Waals surface area contributed by atoms with E-state index in [0.29, 0.717) is 17.7 Å². The summed E-state index contributed by atoms with van der Waals surface area (Å²) in [5, 5.41) is 11.7. The fourth-order valence-corrected chi connectivity index (χ4v) is 2.15. The van der Waals surface area contributed by atoms with Crippen LogP contribution in [0.5, 0.6) is 0 Å². The summed E-state index contributed by atoms with van der Waals surface area (Å²) >= 11 is 0. The molecular formula is C19H27NO6. The van der Waals surface area contributed by atoms with E-state index in [1.54, 1.807) is 58.9 Å². The molecule has 144 valence electrons. The molecule has 7 nitrogen and oxygen atoms in total. The highest BCUT2D eigenvalue weighted by molar-refractivity contribution is 5.85. The molecule has 0 fully saturated rings. The van der Waals surface area contributed by atoms with Crippen LogP contribution in [0, 0.1) is 11.8 Å². The Morgan fingerprint density at radius 2 is 1.62 bits per heavy atom. The number of benzene rings is 1. The Morgan fingerprint density at radius 3 is 2.04 bits per heavy atom. The van der Waals surface area contributed by atoms with E-state index in [1.165, 1.54) is 0 Å². The van der Waals surface area contributed by atoms with Gasteiger partial charge in [0.2, 0.25) is 0 Å². The predicted octanol–water partition coefficient (Wildman–Crippen LogP) is 3.99. The van der Waals surface area contributed by atoms with Crippen LogP contribution in [0.3, 0.4) is 0 Å². The van der Waals surface area contributed by atoms with Crippen molar-refractivity contribution in [2.45, 2.75) is 53.2 Å². The second-order valence-electron chi connectivity index (χ2n) is 6.66. The molecular weight excluding hydrogens is 338 g/mol. The molecule has 1 rings (SSSR count). The van der Waals surface area contributed by atoms with Crippen molar-refractivity contribution in [3.05, 3.63) is 29.8 Å². The zero-order valence-corrected chi connectivity index (χ0v) is 15.8. The number of carbonyl (C=O) groups is 3. The molecule has 0 spiro atoms. The van der Waals surface area contributed by atoms with Gasteiger partial charge in [-0.3, -0.25) is 14.9 Å².